The SMILES string of the molecule is CNCCCN(C)C1CCC(OC)CC1. The van der Waals surface area contributed by atoms with Gasteiger partial charge in [0.1, 0.15) is 0 Å². The summed E-state index contributed by atoms with van der Waals surface area (Å²) in [5.41, 5.74) is 0. The Morgan fingerprint density at radius 3 is 2.47 bits per heavy atom. The number of hydrogen-bond acceptors (Lipinski definition) is 3. The first-order valence-corrected chi connectivity index (χ1v) is 6.15. The van der Waals surface area contributed by atoms with Crippen LogP contribution in [0.1, 0.15) is 32.1 Å². The second-order valence-corrected chi connectivity index (χ2v) is 4.60. The van der Waals surface area contributed by atoms with E-state index in [9.17, 15) is 0 Å². The summed E-state index contributed by atoms with van der Waals surface area (Å²) in [4.78, 5) is 2.52. The zero-order chi connectivity index (χ0) is 11.1. The van der Waals surface area contributed by atoms with Crippen molar-refractivity contribution in [2.24, 2.45) is 0 Å². The fourth-order valence-corrected chi connectivity index (χ4v) is 2.41. The van der Waals surface area contributed by atoms with E-state index in [4.69, 9.17) is 4.74 Å². The third kappa shape index (κ3) is 4.49. The molecular weight excluding hydrogens is 188 g/mol. The molecule has 0 aromatic rings. The Morgan fingerprint density at radius 1 is 1.27 bits per heavy atom. The number of methoxy groups -OCH3 is 1. The maximum Gasteiger partial charge on any atom is 0.0572 e. The fraction of sp³-hybridized carbons (Fsp3) is 1.00. The molecule has 90 valence electrons. The number of ether oxygens (including phenoxy) is 1. The lowest BCUT2D eigenvalue weighted by Gasteiger charge is -2.34. The van der Waals surface area contributed by atoms with Crippen molar-refractivity contribution in [2.75, 3.05) is 34.3 Å². The maximum absolute atomic E-state index is 5.39. The highest BCUT2D eigenvalue weighted by molar-refractivity contribution is 4.78. The van der Waals surface area contributed by atoms with Crippen molar-refractivity contribution in [1.82, 2.24) is 10.2 Å². The molecule has 0 heterocycles. The van der Waals surface area contributed by atoms with E-state index in [1.165, 1.54) is 38.6 Å². The molecule has 0 aromatic carbocycles. The molecule has 0 bridgehead atoms. The molecule has 1 aliphatic carbocycles. The van der Waals surface area contributed by atoms with Crippen LogP contribution in [0.3, 0.4) is 0 Å². The highest BCUT2D eigenvalue weighted by Gasteiger charge is 2.23. The fourth-order valence-electron chi connectivity index (χ4n) is 2.41. The summed E-state index contributed by atoms with van der Waals surface area (Å²) in [5.74, 6) is 0. The summed E-state index contributed by atoms with van der Waals surface area (Å²) in [6, 6.07) is 0.785. The molecule has 0 aromatic heterocycles. The van der Waals surface area contributed by atoms with Crippen LogP contribution >= 0.6 is 0 Å². The molecule has 15 heavy (non-hydrogen) atoms. The van der Waals surface area contributed by atoms with Gasteiger partial charge in [-0.3, -0.25) is 0 Å². The predicted octanol–water partition coefficient (Wildman–Crippen LogP) is 1.49. The third-order valence-corrected chi connectivity index (χ3v) is 3.54. The highest BCUT2D eigenvalue weighted by Crippen LogP contribution is 2.23. The lowest BCUT2D eigenvalue weighted by molar-refractivity contribution is 0.0440. The van der Waals surface area contributed by atoms with Crippen molar-refractivity contribution >= 4 is 0 Å². The van der Waals surface area contributed by atoms with E-state index in [1.54, 1.807) is 0 Å². The van der Waals surface area contributed by atoms with Crippen LogP contribution in [-0.4, -0.2) is 51.3 Å². The van der Waals surface area contributed by atoms with Crippen LogP contribution < -0.4 is 5.32 Å². The third-order valence-electron chi connectivity index (χ3n) is 3.54. The summed E-state index contributed by atoms with van der Waals surface area (Å²) in [6.45, 7) is 2.33. The number of nitrogens with zero attached hydrogens (tertiary/aromatic N) is 1. The Bertz CT molecular complexity index is 156. The van der Waals surface area contributed by atoms with Crippen LogP contribution in [0.25, 0.3) is 0 Å². The average Bonchev–Trinajstić information content (AvgIpc) is 2.29. The molecule has 0 unspecified atom stereocenters. The Morgan fingerprint density at radius 2 is 1.93 bits per heavy atom. The number of nitrogens with one attached hydrogen (secondary N) is 1. The van der Waals surface area contributed by atoms with Gasteiger partial charge in [0, 0.05) is 13.2 Å². The standard InChI is InChI=1S/C12H26N2O/c1-13-9-4-10-14(2)11-5-7-12(15-3)8-6-11/h11-13H,4-10H2,1-3H3. The quantitative estimate of drug-likeness (QED) is 0.678. The van der Waals surface area contributed by atoms with E-state index < -0.39 is 0 Å². The monoisotopic (exact) mass is 214 g/mol. The van der Waals surface area contributed by atoms with E-state index in [-0.39, 0.29) is 0 Å². The van der Waals surface area contributed by atoms with E-state index in [0.717, 1.165) is 12.6 Å². The molecule has 3 heteroatoms. The summed E-state index contributed by atoms with van der Waals surface area (Å²) in [6.07, 6.45) is 6.84. The van der Waals surface area contributed by atoms with E-state index in [2.05, 4.69) is 17.3 Å². The Kier molecular flexibility index (Phi) is 6.22. The normalized spacial score (nSPS) is 27.2. The first kappa shape index (κ1) is 12.9. The smallest absolute Gasteiger partial charge is 0.0572 e. The molecule has 0 aliphatic heterocycles. The zero-order valence-corrected chi connectivity index (χ0v) is 10.5. The van der Waals surface area contributed by atoms with Crippen molar-refractivity contribution in [3.63, 3.8) is 0 Å². The van der Waals surface area contributed by atoms with Crippen LogP contribution in [0.15, 0.2) is 0 Å². The van der Waals surface area contributed by atoms with Gasteiger partial charge >= 0.3 is 0 Å². The minimum absolute atomic E-state index is 0.520. The van der Waals surface area contributed by atoms with Crippen LogP contribution in [0.4, 0.5) is 0 Å². The zero-order valence-electron chi connectivity index (χ0n) is 10.5. The van der Waals surface area contributed by atoms with E-state index in [1.807, 2.05) is 14.2 Å². The maximum atomic E-state index is 5.39. The molecule has 1 fully saturated rings. The van der Waals surface area contributed by atoms with Gasteiger partial charge in [0.25, 0.3) is 0 Å². The topological polar surface area (TPSA) is 24.5 Å². The summed E-state index contributed by atoms with van der Waals surface area (Å²) in [7, 11) is 6.11. The molecule has 0 atom stereocenters. The van der Waals surface area contributed by atoms with Gasteiger partial charge in [-0.25, -0.2) is 0 Å². The average molecular weight is 214 g/mol. The van der Waals surface area contributed by atoms with Crippen LogP contribution in [0.5, 0.6) is 0 Å². The van der Waals surface area contributed by atoms with Crippen molar-refractivity contribution in [3.05, 3.63) is 0 Å². The van der Waals surface area contributed by atoms with Gasteiger partial charge in [-0.15, -0.1) is 0 Å². The number of hydrogen-bond donors (Lipinski definition) is 1. The van der Waals surface area contributed by atoms with Crippen LogP contribution in [-0.2, 0) is 4.74 Å². The van der Waals surface area contributed by atoms with Crippen molar-refractivity contribution in [3.8, 4) is 0 Å². The molecule has 0 saturated heterocycles. The van der Waals surface area contributed by atoms with E-state index >= 15 is 0 Å². The van der Waals surface area contributed by atoms with Gasteiger partial charge in [0.15, 0.2) is 0 Å². The van der Waals surface area contributed by atoms with Gasteiger partial charge in [-0.2, -0.15) is 0 Å². The van der Waals surface area contributed by atoms with Crippen LogP contribution in [0, 0.1) is 0 Å². The Hall–Kier alpha value is -0.120. The summed E-state index contributed by atoms with van der Waals surface area (Å²) >= 11 is 0. The first-order valence-electron chi connectivity index (χ1n) is 6.15. The van der Waals surface area contributed by atoms with Gasteiger partial charge in [-0.05, 0) is 59.3 Å². The molecule has 1 rings (SSSR count). The summed E-state index contributed by atoms with van der Waals surface area (Å²) in [5, 5.41) is 3.20. The van der Waals surface area contributed by atoms with Crippen molar-refractivity contribution in [2.45, 2.75) is 44.2 Å². The second-order valence-electron chi connectivity index (χ2n) is 4.60. The van der Waals surface area contributed by atoms with Gasteiger partial charge in [0.05, 0.1) is 6.10 Å². The molecule has 0 spiro atoms. The molecule has 1 N–H and O–H groups in total. The van der Waals surface area contributed by atoms with Crippen LogP contribution in [0.2, 0.25) is 0 Å². The molecule has 0 radical (unpaired) electrons. The summed E-state index contributed by atoms with van der Waals surface area (Å²) < 4.78 is 5.39. The van der Waals surface area contributed by atoms with E-state index in [0.29, 0.717) is 6.10 Å². The van der Waals surface area contributed by atoms with Gasteiger partial charge in [0.2, 0.25) is 0 Å². The molecule has 1 aliphatic rings. The number of rotatable bonds is 6. The van der Waals surface area contributed by atoms with Gasteiger partial charge in [-0.1, -0.05) is 0 Å². The lowest BCUT2D eigenvalue weighted by atomic mass is 9.92. The largest absolute Gasteiger partial charge is 0.381 e. The molecule has 1 saturated carbocycles. The highest BCUT2D eigenvalue weighted by atomic mass is 16.5. The second kappa shape index (κ2) is 7.20. The molecular formula is C12H26N2O. The minimum atomic E-state index is 0.520. The van der Waals surface area contributed by atoms with Gasteiger partial charge < -0.3 is 15.0 Å². The lowest BCUT2D eigenvalue weighted by Crippen LogP contribution is -2.37. The predicted molar refractivity (Wildman–Crippen MR) is 64.2 cm³/mol. The molecule has 0 amide bonds. The van der Waals surface area contributed by atoms with Crippen molar-refractivity contribution in [1.29, 1.82) is 0 Å². The first-order chi connectivity index (χ1) is 7.27. The Labute approximate surface area is 94.2 Å². The Balaban J connectivity index is 2.15. The minimum Gasteiger partial charge on any atom is -0.381 e. The van der Waals surface area contributed by atoms with Crippen molar-refractivity contribution < 1.29 is 4.74 Å². The molecule has 3 nitrogen and oxygen atoms in total.